The van der Waals surface area contributed by atoms with E-state index in [-0.39, 0.29) is 16.6 Å². The number of nitrogens with one attached hydrogen (secondary N) is 1. The zero-order chi connectivity index (χ0) is 16.9. The van der Waals surface area contributed by atoms with Gasteiger partial charge < -0.3 is 10.1 Å². The Morgan fingerprint density at radius 2 is 2.00 bits per heavy atom. The molecule has 0 radical (unpaired) electrons. The van der Waals surface area contributed by atoms with Gasteiger partial charge in [-0.1, -0.05) is 32.1 Å². The maximum Gasteiger partial charge on any atom is 0.241 e. The van der Waals surface area contributed by atoms with Crippen LogP contribution in [0.5, 0.6) is 5.75 Å². The fraction of sp³-hybridized carbons (Fsp3) is 0.562. The number of nitrogens with two attached hydrogens (primary N) is 1. The van der Waals surface area contributed by atoms with Crippen LogP contribution in [0.25, 0.3) is 0 Å². The predicted octanol–water partition coefficient (Wildman–Crippen LogP) is 2.64. The van der Waals surface area contributed by atoms with E-state index in [0.29, 0.717) is 18.0 Å². The van der Waals surface area contributed by atoms with Gasteiger partial charge in [0.1, 0.15) is 10.6 Å². The molecule has 1 fully saturated rings. The second kappa shape index (κ2) is 7.79. The van der Waals surface area contributed by atoms with Crippen molar-refractivity contribution in [2.24, 2.45) is 11.1 Å². The second-order valence-corrected chi connectivity index (χ2v) is 7.53. The number of hydrogen-bond donors (Lipinski definition) is 2. The van der Waals surface area contributed by atoms with Crippen LogP contribution in [0.2, 0.25) is 0 Å². The lowest BCUT2D eigenvalue weighted by Crippen LogP contribution is -2.17. The fourth-order valence-electron chi connectivity index (χ4n) is 3.01. The number of rotatable bonds is 6. The first-order valence-corrected chi connectivity index (χ1v) is 9.45. The van der Waals surface area contributed by atoms with Gasteiger partial charge in [0.05, 0.1) is 7.11 Å². The molecule has 1 saturated carbocycles. The Labute approximate surface area is 137 Å². The first-order chi connectivity index (χ1) is 10.9. The SMILES string of the molecule is COc1ccc(NC(=O)CCC2CCCCC2)cc1S(N)(=O)=O. The van der Waals surface area contributed by atoms with Gasteiger partial charge in [0.15, 0.2) is 0 Å². The van der Waals surface area contributed by atoms with E-state index in [0.717, 1.165) is 6.42 Å². The smallest absolute Gasteiger partial charge is 0.241 e. The van der Waals surface area contributed by atoms with Crippen molar-refractivity contribution in [2.45, 2.75) is 49.8 Å². The molecule has 0 aromatic heterocycles. The molecule has 128 valence electrons. The van der Waals surface area contributed by atoms with Crippen LogP contribution >= 0.6 is 0 Å². The minimum Gasteiger partial charge on any atom is -0.495 e. The highest BCUT2D eigenvalue weighted by Gasteiger charge is 2.17. The number of benzene rings is 1. The Hall–Kier alpha value is -1.60. The second-order valence-electron chi connectivity index (χ2n) is 6.00. The average Bonchev–Trinajstić information content (AvgIpc) is 2.53. The van der Waals surface area contributed by atoms with Crippen molar-refractivity contribution in [3.63, 3.8) is 0 Å². The molecule has 2 rings (SSSR count). The number of anilines is 1. The van der Waals surface area contributed by atoms with Gasteiger partial charge in [0.2, 0.25) is 15.9 Å². The summed E-state index contributed by atoms with van der Waals surface area (Å²) in [6.45, 7) is 0. The fourth-order valence-corrected chi connectivity index (χ4v) is 3.73. The Morgan fingerprint density at radius 3 is 2.61 bits per heavy atom. The summed E-state index contributed by atoms with van der Waals surface area (Å²) in [6, 6.07) is 4.41. The van der Waals surface area contributed by atoms with E-state index in [9.17, 15) is 13.2 Å². The first kappa shape index (κ1) is 17.7. The third-order valence-corrected chi connectivity index (χ3v) is 5.19. The lowest BCUT2D eigenvalue weighted by Gasteiger charge is -2.21. The molecule has 0 atom stereocenters. The summed E-state index contributed by atoms with van der Waals surface area (Å²) in [5, 5.41) is 7.90. The van der Waals surface area contributed by atoms with E-state index in [4.69, 9.17) is 9.88 Å². The van der Waals surface area contributed by atoms with Crippen molar-refractivity contribution in [2.75, 3.05) is 12.4 Å². The summed E-state index contributed by atoms with van der Waals surface area (Å²) in [5.74, 6) is 0.680. The molecule has 6 nitrogen and oxygen atoms in total. The summed E-state index contributed by atoms with van der Waals surface area (Å²) < 4.78 is 28.1. The number of primary sulfonamides is 1. The molecule has 0 saturated heterocycles. The highest BCUT2D eigenvalue weighted by Crippen LogP contribution is 2.28. The Bertz CT molecular complexity index is 652. The largest absolute Gasteiger partial charge is 0.495 e. The Balaban J connectivity index is 1.97. The van der Waals surface area contributed by atoms with Gasteiger partial charge in [-0.2, -0.15) is 0 Å². The number of hydrogen-bond acceptors (Lipinski definition) is 4. The standard InChI is InChI=1S/C16H24N2O4S/c1-22-14-9-8-13(11-15(14)23(17,20)21)18-16(19)10-7-12-5-3-2-4-6-12/h8-9,11-12H,2-7,10H2,1H3,(H,18,19)(H2,17,20,21). The van der Waals surface area contributed by atoms with Gasteiger partial charge in [-0.25, -0.2) is 13.6 Å². The van der Waals surface area contributed by atoms with Gasteiger partial charge in [0.25, 0.3) is 0 Å². The highest BCUT2D eigenvalue weighted by molar-refractivity contribution is 7.89. The van der Waals surface area contributed by atoms with Gasteiger partial charge in [-0.3, -0.25) is 4.79 Å². The van der Waals surface area contributed by atoms with Crippen LogP contribution in [0.3, 0.4) is 0 Å². The Kier molecular flexibility index (Phi) is 6.01. The normalized spacial score (nSPS) is 16.1. The maximum absolute atomic E-state index is 12.0. The molecule has 7 heteroatoms. The van der Waals surface area contributed by atoms with E-state index in [2.05, 4.69) is 5.32 Å². The molecule has 1 aromatic rings. The van der Waals surface area contributed by atoms with Crippen molar-refractivity contribution in [3.8, 4) is 5.75 Å². The first-order valence-electron chi connectivity index (χ1n) is 7.91. The van der Waals surface area contributed by atoms with Gasteiger partial charge in [-0.15, -0.1) is 0 Å². The minimum absolute atomic E-state index is 0.110. The van der Waals surface area contributed by atoms with Gasteiger partial charge >= 0.3 is 0 Å². The molecule has 1 aromatic carbocycles. The summed E-state index contributed by atoms with van der Waals surface area (Å²) in [5.41, 5.74) is 0.406. The topological polar surface area (TPSA) is 98.5 Å². The molecule has 0 unspecified atom stereocenters. The quantitative estimate of drug-likeness (QED) is 0.831. The molecule has 0 heterocycles. The highest BCUT2D eigenvalue weighted by atomic mass is 32.2. The number of sulfonamides is 1. The number of methoxy groups -OCH3 is 1. The molecule has 1 aliphatic carbocycles. The molecular formula is C16H24N2O4S. The lowest BCUT2D eigenvalue weighted by atomic mass is 9.86. The molecule has 0 spiro atoms. The zero-order valence-corrected chi connectivity index (χ0v) is 14.2. The molecule has 0 aliphatic heterocycles. The van der Waals surface area contributed by atoms with Crippen LogP contribution in [0.1, 0.15) is 44.9 Å². The van der Waals surface area contributed by atoms with Crippen LogP contribution in [0.4, 0.5) is 5.69 Å². The van der Waals surface area contributed by atoms with Crippen LogP contribution in [0.15, 0.2) is 23.1 Å². The maximum atomic E-state index is 12.0. The molecule has 23 heavy (non-hydrogen) atoms. The van der Waals surface area contributed by atoms with E-state index in [1.54, 1.807) is 6.07 Å². The summed E-state index contributed by atoms with van der Waals surface area (Å²) in [7, 11) is -2.54. The van der Waals surface area contributed by atoms with E-state index < -0.39 is 10.0 Å². The lowest BCUT2D eigenvalue weighted by molar-refractivity contribution is -0.116. The molecule has 1 aliphatic rings. The number of ether oxygens (including phenoxy) is 1. The molecular weight excluding hydrogens is 316 g/mol. The molecule has 3 N–H and O–H groups in total. The zero-order valence-electron chi connectivity index (χ0n) is 13.4. The van der Waals surface area contributed by atoms with Gasteiger partial charge in [0, 0.05) is 12.1 Å². The third kappa shape index (κ3) is 5.21. The monoisotopic (exact) mass is 340 g/mol. The van der Waals surface area contributed by atoms with E-state index in [1.165, 1.54) is 51.3 Å². The summed E-state index contributed by atoms with van der Waals surface area (Å²) in [4.78, 5) is 11.9. The van der Waals surface area contributed by atoms with Crippen molar-refractivity contribution < 1.29 is 17.9 Å². The Morgan fingerprint density at radius 1 is 1.30 bits per heavy atom. The molecule has 0 bridgehead atoms. The van der Waals surface area contributed by atoms with Crippen molar-refractivity contribution in [1.29, 1.82) is 0 Å². The predicted molar refractivity (Wildman–Crippen MR) is 88.8 cm³/mol. The minimum atomic E-state index is -3.91. The third-order valence-electron chi connectivity index (χ3n) is 4.26. The number of amides is 1. The number of carbonyl (C=O) groups is 1. The van der Waals surface area contributed by atoms with Crippen molar-refractivity contribution >= 4 is 21.6 Å². The van der Waals surface area contributed by atoms with E-state index >= 15 is 0 Å². The van der Waals surface area contributed by atoms with Crippen LogP contribution in [-0.4, -0.2) is 21.4 Å². The molecule has 1 amide bonds. The van der Waals surface area contributed by atoms with E-state index in [1.807, 2.05) is 0 Å². The van der Waals surface area contributed by atoms with Gasteiger partial charge in [-0.05, 0) is 30.5 Å². The van der Waals surface area contributed by atoms with Crippen LogP contribution in [0, 0.1) is 5.92 Å². The van der Waals surface area contributed by atoms with Crippen molar-refractivity contribution in [3.05, 3.63) is 18.2 Å². The summed E-state index contributed by atoms with van der Waals surface area (Å²) >= 11 is 0. The van der Waals surface area contributed by atoms with Crippen LogP contribution in [-0.2, 0) is 14.8 Å². The van der Waals surface area contributed by atoms with Crippen molar-refractivity contribution in [1.82, 2.24) is 0 Å². The summed E-state index contributed by atoms with van der Waals surface area (Å²) in [6.07, 6.45) is 7.53. The number of carbonyl (C=O) groups excluding carboxylic acids is 1. The average molecular weight is 340 g/mol. The van der Waals surface area contributed by atoms with Crippen LogP contribution < -0.4 is 15.2 Å².